The second kappa shape index (κ2) is 4.94. The van der Waals surface area contributed by atoms with Crippen LogP contribution in [0.25, 0.3) is 0 Å². The molecule has 0 saturated carbocycles. The predicted octanol–water partition coefficient (Wildman–Crippen LogP) is 3.50. The van der Waals surface area contributed by atoms with Crippen LogP contribution >= 0.6 is 11.3 Å². The number of nitrogens with zero attached hydrogens (tertiary/aromatic N) is 1. The summed E-state index contributed by atoms with van der Waals surface area (Å²) >= 11 is 1.79. The zero-order valence-corrected chi connectivity index (χ0v) is 11.6. The number of rotatable bonds is 2. The molecule has 1 N–H and O–H groups in total. The van der Waals surface area contributed by atoms with Crippen molar-refractivity contribution in [2.24, 2.45) is 0 Å². The lowest BCUT2D eigenvalue weighted by atomic mass is 10.0. The molecule has 2 heterocycles. The summed E-state index contributed by atoms with van der Waals surface area (Å²) in [6, 6.07) is 7.14. The summed E-state index contributed by atoms with van der Waals surface area (Å²) in [6.45, 7) is 3.28. The van der Waals surface area contributed by atoms with Crippen LogP contribution in [0.1, 0.15) is 29.0 Å². The highest BCUT2D eigenvalue weighted by Gasteiger charge is 2.22. The molecule has 0 aliphatic carbocycles. The maximum absolute atomic E-state index is 13.9. The third-order valence-electron chi connectivity index (χ3n) is 3.60. The van der Waals surface area contributed by atoms with Crippen LogP contribution in [-0.4, -0.2) is 11.7 Å². The van der Waals surface area contributed by atoms with Gasteiger partial charge in [0.25, 0.3) is 0 Å². The van der Waals surface area contributed by atoms with Gasteiger partial charge in [-0.15, -0.1) is 11.3 Å². The molecule has 0 spiro atoms. The molecule has 1 aliphatic heterocycles. The van der Waals surface area contributed by atoms with Crippen molar-refractivity contribution in [2.75, 3.05) is 11.4 Å². The van der Waals surface area contributed by atoms with Crippen molar-refractivity contribution >= 4 is 17.0 Å². The summed E-state index contributed by atoms with van der Waals surface area (Å²) in [5.74, 6) is -0.330. The predicted molar refractivity (Wildman–Crippen MR) is 76.1 cm³/mol. The first-order chi connectivity index (χ1) is 9.16. The van der Waals surface area contributed by atoms with Crippen LogP contribution in [0.2, 0.25) is 0 Å². The van der Waals surface area contributed by atoms with E-state index in [1.807, 2.05) is 6.07 Å². The second-order valence-corrected chi connectivity index (χ2v) is 5.89. The molecular weight excluding hydrogens is 261 g/mol. The van der Waals surface area contributed by atoms with E-state index in [1.165, 1.54) is 16.5 Å². The Morgan fingerprint density at radius 2 is 2.21 bits per heavy atom. The number of fused-ring (bicyclic) bond motifs is 1. The molecule has 0 unspecified atom stereocenters. The molecule has 1 aliphatic rings. The SMILES string of the molecule is C[C@H](O)c1c(F)cccc1N1CCc2sccc2C1. The molecule has 1 atom stereocenters. The zero-order valence-electron chi connectivity index (χ0n) is 10.8. The molecule has 0 bridgehead atoms. The Morgan fingerprint density at radius 3 is 3.00 bits per heavy atom. The lowest BCUT2D eigenvalue weighted by molar-refractivity contribution is 0.194. The maximum Gasteiger partial charge on any atom is 0.131 e. The molecule has 3 rings (SSSR count). The zero-order chi connectivity index (χ0) is 13.4. The Hall–Kier alpha value is -1.39. The van der Waals surface area contributed by atoms with Gasteiger partial charge in [-0.2, -0.15) is 0 Å². The minimum atomic E-state index is -0.792. The Labute approximate surface area is 116 Å². The van der Waals surface area contributed by atoms with Crippen LogP contribution in [0.15, 0.2) is 29.6 Å². The molecule has 0 saturated heterocycles. The molecule has 1 aromatic carbocycles. The number of hydrogen-bond acceptors (Lipinski definition) is 3. The Balaban J connectivity index is 1.98. The molecule has 0 radical (unpaired) electrons. The van der Waals surface area contributed by atoms with Crippen LogP contribution in [0.5, 0.6) is 0 Å². The minimum Gasteiger partial charge on any atom is -0.389 e. The highest BCUT2D eigenvalue weighted by molar-refractivity contribution is 7.10. The number of aliphatic hydroxyl groups is 1. The first kappa shape index (κ1) is 12.6. The first-order valence-corrected chi connectivity index (χ1v) is 7.31. The molecular formula is C15H16FNOS. The monoisotopic (exact) mass is 277 g/mol. The van der Waals surface area contributed by atoms with Crippen molar-refractivity contribution in [2.45, 2.75) is 26.0 Å². The normalized spacial score (nSPS) is 16.3. The van der Waals surface area contributed by atoms with E-state index in [4.69, 9.17) is 0 Å². The van der Waals surface area contributed by atoms with Gasteiger partial charge < -0.3 is 10.0 Å². The van der Waals surface area contributed by atoms with Crippen molar-refractivity contribution < 1.29 is 9.50 Å². The summed E-state index contributed by atoms with van der Waals surface area (Å²) in [5.41, 5.74) is 2.53. The molecule has 0 fully saturated rings. The summed E-state index contributed by atoms with van der Waals surface area (Å²) < 4.78 is 13.9. The number of benzene rings is 1. The van der Waals surface area contributed by atoms with Gasteiger partial charge in [0.2, 0.25) is 0 Å². The van der Waals surface area contributed by atoms with Gasteiger partial charge in [-0.3, -0.25) is 0 Å². The van der Waals surface area contributed by atoms with Gasteiger partial charge >= 0.3 is 0 Å². The van der Waals surface area contributed by atoms with Crippen molar-refractivity contribution in [3.63, 3.8) is 0 Å². The van der Waals surface area contributed by atoms with E-state index >= 15 is 0 Å². The smallest absolute Gasteiger partial charge is 0.131 e. The summed E-state index contributed by atoms with van der Waals surface area (Å²) in [4.78, 5) is 3.58. The Bertz CT molecular complexity index is 594. The van der Waals surface area contributed by atoms with Gasteiger partial charge in [0, 0.05) is 29.2 Å². The van der Waals surface area contributed by atoms with E-state index in [2.05, 4.69) is 16.3 Å². The van der Waals surface area contributed by atoms with Gasteiger partial charge in [-0.25, -0.2) is 4.39 Å². The third-order valence-corrected chi connectivity index (χ3v) is 4.62. The fraction of sp³-hybridized carbons (Fsp3) is 0.333. The number of halogens is 1. The average molecular weight is 277 g/mol. The number of anilines is 1. The van der Waals surface area contributed by atoms with Crippen LogP contribution < -0.4 is 4.90 Å². The highest BCUT2D eigenvalue weighted by atomic mass is 32.1. The van der Waals surface area contributed by atoms with E-state index in [-0.39, 0.29) is 5.82 Å². The first-order valence-electron chi connectivity index (χ1n) is 6.43. The van der Waals surface area contributed by atoms with E-state index in [1.54, 1.807) is 24.3 Å². The second-order valence-electron chi connectivity index (χ2n) is 4.89. The van der Waals surface area contributed by atoms with Gasteiger partial charge in [0.15, 0.2) is 0 Å². The van der Waals surface area contributed by atoms with Gasteiger partial charge in [0.05, 0.1) is 6.10 Å². The molecule has 2 nitrogen and oxygen atoms in total. The van der Waals surface area contributed by atoms with E-state index < -0.39 is 6.10 Å². The summed E-state index contributed by atoms with van der Waals surface area (Å²) in [7, 11) is 0. The fourth-order valence-electron chi connectivity index (χ4n) is 2.67. The molecule has 0 amide bonds. The van der Waals surface area contributed by atoms with E-state index in [0.29, 0.717) is 5.56 Å². The van der Waals surface area contributed by atoms with E-state index in [0.717, 1.165) is 25.2 Å². The Morgan fingerprint density at radius 1 is 1.37 bits per heavy atom. The molecule has 100 valence electrons. The standard InChI is InChI=1S/C15H16FNOS/c1-10(18)15-12(16)3-2-4-13(15)17-7-5-14-11(9-17)6-8-19-14/h2-4,6,8,10,18H,5,7,9H2,1H3/t10-/m0/s1. The lowest BCUT2D eigenvalue weighted by Crippen LogP contribution is -2.30. The van der Waals surface area contributed by atoms with Crippen LogP contribution in [0, 0.1) is 5.82 Å². The van der Waals surface area contributed by atoms with Crippen molar-refractivity contribution in [3.8, 4) is 0 Å². The van der Waals surface area contributed by atoms with Crippen LogP contribution in [0.4, 0.5) is 10.1 Å². The Kier molecular flexibility index (Phi) is 3.29. The largest absolute Gasteiger partial charge is 0.389 e. The van der Waals surface area contributed by atoms with Crippen molar-refractivity contribution in [1.29, 1.82) is 0 Å². The molecule has 1 aromatic heterocycles. The van der Waals surface area contributed by atoms with E-state index in [9.17, 15) is 9.50 Å². The van der Waals surface area contributed by atoms with Crippen molar-refractivity contribution in [3.05, 3.63) is 51.5 Å². The number of hydrogen-bond donors (Lipinski definition) is 1. The van der Waals surface area contributed by atoms with Gasteiger partial charge in [0.1, 0.15) is 5.82 Å². The van der Waals surface area contributed by atoms with Gasteiger partial charge in [-0.1, -0.05) is 6.07 Å². The molecule has 19 heavy (non-hydrogen) atoms. The number of thiophene rings is 1. The molecule has 2 aromatic rings. The van der Waals surface area contributed by atoms with Crippen molar-refractivity contribution in [1.82, 2.24) is 0 Å². The summed E-state index contributed by atoms with van der Waals surface area (Å²) in [6.07, 6.45) is 0.197. The quantitative estimate of drug-likeness (QED) is 0.908. The molecule has 4 heteroatoms. The fourth-order valence-corrected chi connectivity index (χ4v) is 3.56. The average Bonchev–Trinajstić information content (AvgIpc) is 2.85. The third kappa shape index (κ3) is 2.26. The van der Waals surface area contributed by atoms with Crippen LogP contribution in [0.3, 0.4) is 0 Å². The minimum absolute atomic E-state index is 0.330. The number of aliphatic hydroxyl groups excluding tert-OH is 1. The summed E-state index contributed by atoms with van der Waals surface area (Å²) in [5, 5.41) is 11.9. The van der Waals surface area contributed by atoms with Gasteiger partial charge in [-0.05, 0) is 42.5 Å². The highest BCUT2D eigenvalue weighted by Crippen LogP contribution is 2.33. The topological polar surface area (TPSA) is 23.5 Å². The maximum atomic E-state index is 13.9. The lowest BCUT2D eigenvalue weighted by Gasteiger charge is -2.31. The van der Waals surface area contributed by atoms with Crippen LogP contribution in [-0.2, 0) is 13.0 Å².